The van der Waals surface area contributed by atoms with Gasteiger partial charge in [-0.25, -0.2) is 0 Å². The van der Waals surface area contributed by atoms with Crippen LogP contribution in [0.15, 0.2) is 48.5 Å². The molecule has 0 aliphatic carbocycles. The molecule has 0 unspecified atom stereocenters. The van der Waals surface area contributed by atoms with Crippen LogP contribution in [0.1, 0.15) is 16.7 Å². The Labute approximate surface area is 173 Å². The molecule has 0 bridgehead atoms. The maximum absolute atomic E-state index is 13.1. The molecule has 1 fully saturated rings. The lowest BCUT2D eigenvalue weighted by Gasteiger charge is -2.34. The Morgan fingerprint density at radius 3 is 2.23 bits per heavy atom. The Morgan fingerprint density at radius 1 is 0.967 bits per heavy atom. The number of piperazine rings is 1. The summed E-state index contributed by atoms with van der Waals surface area (Å²) in [7, 11) is 0. The molecule has 0 aromatic heterocycles. The summed E-state index contributed by atoms with van der Waals surface area (Å²) in [4.78, 5) is 28.3. The summed E-state index contributed by atoms with van der Waals surface area (Å²) in [5, 5.41) is 2.35. The van der Waals surface area contributed by atoms with Gasteiger partial charge >= 0.3 is 6.18 Å². The molecule has 2 amide bonds. The molecule has 0 spiro atoms. The number of hydrogen-bond acceptors (Lipinski definition) is 3. The zero-order valence-electron chi connectivity index (χ0n) is 16.7. The monoisotopic (exact) mass is 419 g/mol. The van der Waals surface area contributed by atoms with E-state index in [-0.39, 0.29) is 18.1 Å². The number of nitrogens with one attached hydrogen (secondary N) is 1. The van der Waals surface area contributed by atoms with E-state index in [4.69, 9.17) is 0 Å². The molecule has 2 aromatic rings. The van der Waals surface area contributed by atoms with Crippen LogP contribution in [0.5, 0.6) is 0 Å². The van der Waals surface area contributed by atoms with E-state index in [1.165, 1.54) is 18.2 Å². The first-order valence-electron chi connectivity index (χ1n) is 9.74. The van der Waals surface area contributed by atoms with Crippen molar-refractivity contribution in [2.24, 2.45) is 0 Å². The van der Waals surface area contributed by atoms with Gasteiger partial charge < -0.3 is 10.2 Å². The quantitative estimate of drug-likeness (QED) is 0.809. The number of amides is 2. The number of anilines is 1. The summed E-state index contributed by atoms with van der Waals surface area (Å²) in [6.07, 6.45) is -4.21. The van der Waals surface area contributed by atoms with Gasteiger partial charge in [-0.1, -0.05) is 42.0 Å². The third-order valence-electron chi connectivity index (χ3n) is 5.07. The Bertz CT molecular complexity index is 889. The maximum atomic E-state index is 13.1. The summed E-state index contributed by atoms with van der Waals surface area (Å²) < 4.78 is 39.2. The molecule has 1 heterocycles. The second-order valence-electron chi connectivity index (χ2n) is 7.41. The summed E-state index contributed by atoms with van der Waals surface area (Å²) in [6.45, 7) is 3.92. The molecule has 160 valence electrons. The molecule has 1 aliphatic heterocycles. The molecule has 1 saturated heterocycles. The van der Waals surface area contributed by atoms with Crippen molar-refractivity contribution in [3.8, 4) is 0 Å². The van der Waals surface area contributed by atoms with E-state index in [1.54, 1.807) is 4.90 Å². The highest BCUT2D eigenvalue weighted by atomic mass is 19.4. The lowest BCUT2D eigenvalue weighted by atomic mass is 10.1. The second kappa shape index (κ2) is 9.30. The van der Waals surface area contributed by atoms with Crippen molar-refractivity contribution < 1.29 is 22.8 Å². The van der Waals surface area contributed by atoms with Gasteiger partial charge in [0.2, 0.25) is 11.8 Å². The molecule has 1 aliphatic rings. The third-order valence-corrected chi connectivity index (χ3v) is 5.07. The molecule has 3 rings (SSSR count). The van der Waals surface area contributed by atoms with Gasteiger partial charge in [0.15, 0.2) is 0 Å². The largest absolute Gasteiger partial charge is 0.418 e. The lowest BCUT2D eigenvalue weighted by molar-refractivity contribution is -0.137. The molecule has 2 aromatic carbocycles. The minimum atomic E-state index is -4.53. The Kier molecular flexibility index (Phi) is 6.77. The van der Waals surface area contributed by atoms with Crippen LogP contribution in [0.4, 0.5) is 18.9 Å². The topological polar surface area (TPSA) is 52.7 Å². The van der Waals surface area contributed by atoms with E-state index in [0.29, 0.717) is 32.6 Å². The van der Waals surface area contributed by atoms with Crippen LogP contribution >= 0.6 is 0 Å². The van der Waals surface area contributed by atoms with Crippen molar-refractivity contribution in [1.82, 2.24) is 9.80 Å². The molecule has 0 saturated carbocycles. The number of nitrogens with zero attached hydrogens (tertiary/aromatic N) is 2. The average Bonchev–Trinajstić information content (AvgIpc) is 2.70. The Morgan fingerprint density at radius 2 is 1.60 bits per heavy atom. The lowest BCUT2D eigenvalue weighted by Crippen LogP contribution is -2.50. The first-order valence-corrected chi connectivity index (χ1v) is 9.74. The van der Waals surface area contributed by atoms with Gasteiger partial charge in [-0.15, -0.1) is 0 Å². The predicted octanol–water partition coefficient (Wildman–Crippen LogP) is 3.34. The van der Waals surface area contributed by atoms with Gasteiger partial charge in [-0.2, -0.15) is 13.2 Å². The highest BCUT2D eigenvalue weighted by Gasteiger charge is 2.33. The van der Waals surface area contributed by atoms with Crippen LogP contribution in [0, 0.1) is 6.92 Å². The minimum Gasteiger partial charge on any atom is -0.340 e. The minimum absolute atomic E-state index is 0.0216. The fourth-order valence-electron chi connectivity index (χ4n) is 3.38. The SMILES string of the molecule is Cc1ccc(CC(=O)N2CCN(CC(=O)Nc3ccccc3C(F)(F)F)CC2)cc1. The smallest absolute Gasteiger partial charge is 0.340 e. The fourth-order valence-corrected chi connectivity index (χ4v) is 3.38. The summed E-state index contributed by atoms with van der Waals surface area (Å²) in [5.41, 5.74) is 0.971. The van der Waals surface area contributed by atoms with Crippen molar-refractivity contribution in [3.63, 3.8) is 0 Å². The summed E-state index contributed by atoms with van der Waals surface area (Å²) in [5.74, 6) is -0.479. The fraction of sp³-hybridized carbons (Fsp3) is 0.364. The zero-order valence-corrected chi connectivity index (χ0v) is 16.7. The van der Waals surface area contributed by atoms with Crippen LogP contribution in [0.2, 0.25) is 0 Å². The third kappa shape index (κ3) is 5.82. The van der Waals surface area contributed by atoms with E-state index in [0.717, 1.165) is 17.2 Å². The molecule has 0 radical (unpaired) electrons. The average molecular weight is 419 g/mol. The molecular weight excluding hydrogens is 395 g/mol. The number of aryl methyl sites for hydroxylation is 1. The van der Waals surface area contributed by atoms with E-state index in [2.05, 4.69) is 5.32 Å². The number of halogens is 3. The summed E-state index contributed by atoms with van der Waals surface area (Å²) >= 11 is 0. The van der Waals surface area contributed by atoms with Crippen LogP contribution in [-0.2, 0) is 22.2 Å². The van der Waals surface area contributed by atoms with E-state index in [1.807, 2.05) is 36.1 Å². The number of para-hydroxylation sites is 1. The second-order valence-corrected chi connectivity index (χ2v) is 7.41. The molecule has 30 heavy (non-hydrogen) atoms. The number of benzene rings is 2. The zero-order chi connectivity index (χ0) is 21.7. The first-order chi connectivity index (χ1) is 14.2. The van der Waals surface area contributed by atoms with E-state index < -0.39 is 17.6 Å². The Balaban J connectivity index is 1.48. The van der Waals surface area contributed by atoms with Crippen molar-refractivity contribution in [2.45, 2.75) is 19.5 Å². The van der Waals surface area contributed by atoms with Gasteiger partial charge in [0.25, 0.3) is 0 Å². The molecular formula is C22H24F3N3O2. The highest BCUT2D eigenvalue weighted by Crippen LogP contribution is 2.34. The van der Waals surface area contributed by atoms with E-state index in [9.17, 15) is 22.8 Å². The van der Waals surface area contributed by atoms with Crippen LogP contribution in [-0.4, -0.2) is 54.3 Å². The number of alkyl halides is 3. The standard InChI is InChI=1S/C22H24F3N3O2/c1-16-6-8-17(9-7-16)14-21(30)28-12-10-27(11-13-28)15-20(29)26-19-5-3-2-4-18(19)22(23,24)25/h2-9H,10-15H2,1H3,(H,26,29). The number of carbonyl (C=O) groups excluding carboxylic acids is 2. The number of carbonyl (C=O) groups is 2. The Hall–Kier alpha value is -2.87. The predicted molar refractivity (Wildman–Crippen MR) is 108 cm³/mol. The van der Waals surface area contributed by atoms with Crippen molar-refractivity contribution in [1.29, 1.82) is 0 Å². The molecule has 1 N–H and O–H groups in total. The molecule has 5 nitrogen and oxygen atoms in total. The number of rotatable bonds is 5. The maximum Gasteiger partial charge on any atom is 0.418 e. The van der Waals surface area contributed by atoms with Gasteiger partial charge in [0.1, 0.15) is 0 Å². The number of hydrogen-bond donors (Lipinski definition) is 1. The summed E-state index contributed by atoms with van der Waals surface area (Å²) in [6, 6.07) is 12.7. The van der Waals surface area contributed by atoms with Gasteiger partial charge in [0, 0.05) is 26.2 Å². The first kappa shape index (κ1) is 21.8. The van der Waals surface area contributed by atoms with Crippen LogP contribution in [0.3, 0.4) is 0 Å². The van der Waals surface area contributed by atoms with Gasteiger partial charge in [0.05, 0.1) is 24.2 Å². The van der Waals surface area contributed by atoms with Crippen molar-refractivity contribution >= 4 is 17.5 Å². The molecule has 0 atom stereocenters. The van der Waals surface area contributed by atoms with Crippen LogP contribution < -0.4 is 5.32 Å². The van der Waals surface area contributed by atoms with E-state index >= 15 is 0 Å². The molecule has 8 heteroatoms. The highest BCUT2D eigenvalue weighted by molar-refractivity contribution is 5.93. The van der Waals surface area contributed by atoms with Gasteiger partial charge in [-0.05, 0) is 24.6 Å². The van der Waals surface area contributed by atoms with Crippen LogP contribution in [0.25, 0.3) is 0 Å². The van der Waals surface area contributed by atoms with Crippen molar-refractivity contribution in [2.75, 3.05) is 38.0 Å². The van der Waals surface area contributed by atoms with Gasteiger partial charge in [-0.3, -0.25) is 14.5 Å². The van der Waals surface area contributed by atoms with Crippen molar-refractivity contribution in [3.05, 3.63) is 65.2 Å². The normalized spacial score (nSPS) is 15.1.